The lowest BCUT2D eigenvalue weighted by Gasteiger charge is -2.29. The van der Waals surface area contributed by atoms with Crippen LogP contribution in [-0.4, -0.2) is 92.9 Å². The average Bonchev–Trinajstić information content (AvgIpc) is 3.57. The van der Waals surface area contributed by atoms with Gasteiger partial charge in [0.25, 0.3) is 0 Å². The molecule has 3 aliphatic heterocycles. The number of hydrogen-bond donors (Lipinski definition) is 0. The van der Waals surface area contributed by atoms with Crippen LogP contribution in [0.1, 0.15) is 87.0 Å². The third kappa shape index (κ3) is 11.1. The van der Waals surface area contributed by atoms with E-state index in [-0.39, 0.29) is 50.3 Å². The predicted octanol–water partition coefficient (Wildman–Crippen LogP) is 5.61. The third-order valence-corrected chi connectivity index (χ3v) is 8.69. The smallest absolute Gasteiger partial charge is 0.338 e. The van der Waals surface area contributed by atoms with E-state index in [4.69, 9.17) is 27.8 Å². The molecule has 254 valence electrons. The van der Waals surface area contributed by atoms with Crippen molar-refractivity contribution in [2.24, 2.45) is 31.8 Å². The first kappa shape index (κ1) is 37.0. The lowest BCUT2D eigenvalue weighted by Crippen LogP contribution is -2.38. The number of rotatable bonds is 16. The summed E-state index contributed by atoms with van der Waals surface area (Å²) in [7, 11) is 1.81. The minimum absolute atomic E-state index is 0.0693. The molecule has 1 saturated heterocycles. The summed E-state index contributed by atoms with van der Waals surface area (Å²) in [5.41, 5.74) is -0.340. The first-order valence-electron chi connectivity index (χ1n) is 15.7. The van der Waals surface area contributed by atoms with Crippen LogP contribution >= 0.6 is 8.60 Å². The first-order chi connectivity index (χ1) is 21.2. The van der Waals surface area contributed by atoms with Gasteiger partial charge in [-0.3, -0.25) is 23.6 Å². The molecule has 0 bridgehead atoms. The maximum Gasteiger partial charge on any atom is 0.338 e. The number of ether oxygens (including phenoxy) is 3. The van der Waals surface area contributed by atoms with Gasteiger partial charge in [-0.15, -0.1) is 0 Å². The molecule has 3 heterocycles. The molecule has 0 aliphatic carbocycles. The normalized spacial score (nSPS) is 24.0. The molecule has 0 aromatic heterocycles. The molecule has 3 rings (SSSR count). The van der Waals surface area contributed by atoms with E-state index < -0.39 is 25.4 Å². The number of carbonyl (C=O) groups is 2. The van der Waals surface area contributed by atoms with Crippen molar-refractivity contribution in [2.45, 2.75) is 105 Å². The average molecular weight is 654 g/mol. The second-order valence-corrected chi connectivity index (χ2v) is 14.7. The number of carbonyl (C=O) groups excluding carboxylic acids is 2. The van der Waals surface area contributed by atoms with E-state index in [0.717, 1.165) is 44.2 Å². The zero-order chi connectivity index (χ0) is 33.2. The Morgan fingerprint density at radius 2 is 1.80 bits per heavy atom. The van der Waals surface area contributed by atoms with Crippen LogP contribution in [0.4, 0.5) is 0 Å². The van der Waals surface area contributed by atoms with Crippen LogP contribution < -0.4 is 0 Å². The fourth-order valence-electron chi connectivity index (χ4n) is 4.87. The highest BCUT2D eigenvalue weighted by Gasteiger charge is 2.42. The van der Waals surface area contributed by atoms with E-state index in [9.17, 15) is 9.59 Å². The lowest BCUT2D eigenvalue weighted by molar-refractivity contribution is -0.163. The quantitative estimate of drug-likeness (QED) is 0.0517. The monoisotopic (exact) mass is 653 g/mol. The Balaban J connectivity index is 1.55. The van der Waals surface area contributed by atoms with Crippen molar-refractivity contribution in [1.82, 2.24) is 9.91 Å². The fourth-order valence-corrected chi connectivity index (χ4v) is 5.64. The second-order valence-electron chi connectivity index (χ2n) is 13.5. The molecule has 14 heteroatoms. The molecular formula is C31H52N5O8P. The third-order valence-electron chi connectivity index (χ3n) is 7.70. The number of hydrazone groups is 1. The molecule has 0 aromatic carbocycles. The summed E-state index contributed by atoms with van der Waals surface area (Å²) in [6.07, 6.45) is 10.3. The van der Waals surface area contributed by atoms with Crippen LogP contribution in [0.25, 0.3) is 0 Å². The second kappa shape index (κ2) is 16.9. The number of nitrogens with zero attached hydrogens (tertiary/aromatic N) is 5. The molecule has 0 spiro atoms. The van der Waals surface area contributed by atoms with E-state index in [0.29, 0.717) is 5.84 Å². The number of amidine groups is 1. The van der Waals surface area contributed by atoms with Crippen molar-refractivity contribution in [3.05, 3.63) is 11.8 Å². The van der Waals surface area contributed by atoms with Crippen LogP contribution in [-0.2, 0) is 37.4 Å². The van der Waals surface area contributed by atoms with Gasteiger partial charge in [0.15, 0.2) is 5.84 Å². The Labute approximate surface area is 269 Å². The largest absolute Gasteiger partial charge is 0.438 e. The van der Waals surface area contributed by atoms with Crippen molar-refractivity contribution in [2.75, 3.05) is 34.3 Å². The van der Waals surface area contributed by atoms with Crippen molar-refractivity contribution in [3.63, 3.8) is 0 Å². The molecule has 3 aliphatic rings. The van der Waals surface area contributed by atoms with Gasteiger partial charge >= 0.3 is 20.5 Å². The Bertz CT molecular complexity index is 1120. The topological polar surface area (TPSA) is 133 Å². The summed E-state index contributed by atoms with van der Waals surface area (Å²) in [6.45, 7) is 12.7. The van der Waals surface area contributed by atoms with Crippen LogP contribution in [0.15, 0.2) is 26.9 Å². The molecule has 0 aromatic rings. The van der Waals surface area contributed by atoms with Crippen molar-refractivity contribution >= 4 is 39.1 Å². The molecule has 5 atom stereocenters. The number of unbranched alkanes of at least 4 members (excludes halogenated alkanes) is 2. The van der Waals surface area contributed by atoms with Crippen LogP contribution in [0.2, 0.25) is 0 Å². The van der Waals surface area contributed by atoms with Crippen LogP contribution in [0.3, 0.4) is 0 Å². The van der Waals surface area contributed by atoms with Crippen molar-refractivity contribution in [1.29, 1.82) is 0 Å². The summed E-state index contributed by atoms with van der Waals surface area (Å²) in [4.78, 5) is 35.7. The maximum absolute atomic E-state index is 12.7. The Hall–Kier alpha value is -2.44. The van der Waals surface area contributed by atoms with Gasteiger partial charge < -0.3 is 23.6 Å². The van der Waals surface area contributed by atoms with E-state index in [1.807, 2.05) is 37.9 Å². The predicted molar refractivity (Wildman–Crippen MR) is 173 cm³/mol. The van der Waals surface area contributed by atoms with Gasteiger partial charge in [0.1, 0.15) is 12.4 Å². The molecular weight excluding hydrogens is 601 g/mol. The summed E-state index contributed by atoms with van der Waals surface area (Å²) in [5.74, 6) is 0.0961. The maximum atomic E-state index is 12.7. The van der Waals surface area contributed by atoms with Crippen molar-refractivity contribution < 1.29 is 37.4 Å². The zero-order valence-corrected chi connectivity index (χ0v) is 29.2. The van der Waals surface area contributed by atoms with E-state index in [1.165, 1.54) is 6.34 Å². The van der Waals surface area contributed by atoms with Gasteiger partial charge in [0.2, 0.25) is 13.6 Å². The van der Waals surface area contributed by atoms with Crippen molar-refractivity contribution in [3.8, 4) is 0 Å². The van der Waals surface area contributed by atoms with Gasteiger partial charge in [-0.1, -0.05) is 39.2 Å². The Kier molecular flexibility index (Phi) is 13.9. The highest BCUT2D eigenvalue weighted by atomic mass is 31.2. The molecule has 13 nitrogen and oxygen atoms in total. The summed E-state index contributed by atoms with van der Waals surface area (Å²) in [6, 6.07) is -0.0693. The van der Waals surface area contributed by atoms with Gasteiger partial charge in [-0.25, -0.2) is 9.98 Å². The fraction of sp³-hybridized carbons (Fsp3) is 0.774. The lowest BCUT2D eigenvalue weighted by atomic mass is 9.87. The minimum Gasteiger partial charge on any atom is -0.438 e. The summed E-state index contributed by atoms with van der Waals surface area (Å²) in [5, 5.41) is 6.45. The zero-order valence-electron chi connectivity index (χ0n) is 28.4. The van der Waals surface area contributed by atoms with Gasteiger partial charge in [0.05, 0.1) is 41.7 Å². The Morgan fingerprint density at radius 1 is 1.11 bits per heavy atom. The van der Waals surface area contributed by atoms with Gasteiger partial charge in [-0.05, 0) is 59.8 Å². The molecule has 0 amide bonds. The van der Waals surface area contributed by atoms with Gasteiger partial charge in [-0.2, -0.15) is 5.10 Å². The molecule has 45 heavy (non-hydrogen) atoms. The SMILES string of the molecule is CCCCCC(C)(C)C(=O)OCOP(OCOC(=O)C(C)(C)C)OCC1OC(C2=CCC3C(N=CN(C)C)=NC=NN23)CC1C. The van der Waals surface area contributed by atoms with E-state index >= 15 is 0 Å². The molecule has 0 N–H and O–H groups in total. The van der Waals surface area contributed by atoms with E-state index in [2.05, 4.69) is 35.0 Å². The van der Waals surface area contributed by atoms with Gasteiger partial charge in [0, 0.05) is 14.1 Å². The first-order valence-corrected chi connectivity index (χ1v) is 16.8. The highest BCUT2D eigenvalue weighted by molar-refractivity contribution is 7.41. The standard InChI is InChI=1S/C31H52N5O8P/c1-10-11-12-15-31(6,7)29(38)40-21-43-45(42-20-39-28(37)30(3,4)5)41-17-26-22(2)16-25(44-26)23-13-14-24-27(33-19-35(8)9)32-18-34-36(23)24/h13,18-19,22,24-26H,10-12,14-17,20-21H2,1-9H3. The number of aliphatic imine (C=N–C) groups is 2. The number of esters is 2. The number of fused-ring (bicyclic) bond motifs is 1. The minimum atomic E-state index is -2.01. The summed E-state index contributed by atoms with van der Waals surface area (Å²) < 4.78 is 34.5. The number of hydrogen-bond acceptors (Lipinski definition) is 12. The molecule has 0 radical (unpaired) electrons. The Morgan fingerprint density at radius 3 is 2.44 bits per heavy atom. The molecule has 5 unspecified atom stereocenters. The van der Waals surface area contributed by atoms with Crippen LogP contribution in [0, 0.1) is 16.7 Å². The molecule has 1 fully saturated rings. The highest BCUT2D eigenvalue weighted by Crippen LogP contribution is 2.43. The molecule has 0 saturated carbocycles. The van der Waals surface area contributed by atoms with E-state index in [1.54, 1.807) is 27.1 Å². The van der Waals surface area contributed by atoms with Crippen LogP contribution in [0.5, 0.6) is 0 Å². The summed E-state index contributed by atoms with van der Waals surface area (Å²) >= 11 is 0.